The average molecular weight is 352 g/mol. The van der Waals surface area contributed by atoms with E-state index in [2.05, 4.69) is 15.2 Å². The maximum absolute atomic E-state index is 12.4. The van der Waals surface area contributed by atoms with Gasteiger partial charge in [-0.2, -0.15) is 5.10 Å². The third kappa shape index (κ3) is 3.27. The van der Waals surface area contributed by atoms with Crippen LogP contribution in [0.5, 0.6) is 0 Å². The van der Waals surface area contributed by atoms with E-state index in [1.807, 2.05) is 0 Å². The number of hydrogen-bond donors (Lipinski definition) is 1. The summed E-state index contributed by atoms with van der Waals surface area (Å²) in [6, 6.07) is 0.840. The summed E-state index contributed by atoms with van der Waals surface area (Å²) in [6.45, 7) is 4.89. The lowest BCUT2D eigenvalue weighted by Gasteiger charge is -2.13. The number of esters is 1. The topological polar surface area (TPSA) is 116 Å². The second kappa shape index (κ2) is 6.79. The molecule has 0 bridgehead atoms. The van der Waals surface area contributed by atoms with Crippen LogP contribution in [0, 0.1) is 24.0 Å². The van der Waals surface area contributed by atoms with Gasteiger partial charge in [0.1, 0.15) is 22.9 Å². The number of rotatable bonds is 5. The highest BCUT2D eigenvalue weighted by molar-refractivity contribution is 7.16. The van der Waals surface area contributed by atoms with Crippen LogP contribution in [0.4, 0.5) is 10.7 Å². The first-order valence-corrected chi connectivity index (χ1v) is 7.76. The van der Waals surface area contributed by atoms with E-state index in [0.29, 0.717) is 5.00 Å². The van der Waals surface area contributed by atoms with Gasteiger partial charge in [0.05, 0.1) is 17.6 Å². The predicted octanol–water partition coefficient (Wildman–Crippen LogP) is 2.46. The second-order valence-electron chi connectivity index (χ2n) is 5.07. The molecule has 2 heterocycles. The molecule has 0 fully saturated rings. The molecular formula is C14H16N4O5S. The number of nitrogens with zero attached hydrogens (tertiary/aromatic N) is 3. The van der Waals surface area contributed by atoms with E-state index in [-0.39, 0.29) is 16.9 Å². The highest BCUT2D eigenvalue weighted by Gasteiger charge is 2.25. The number of aryl methyl sites for hydroxylation is 1. The van der Waals surface area contributed by atoms with Crippen molar-refractivity contribution < 1.29 is 19.2 Å². The van der Waals surface area contributed by atoms with Gasteiger partial charge in [0.15, 0.2) is 0 Å². The molecule has 1 amide bonds. The van der Waals surface area contributed by atoms with E-state index in [1.165, 1.54) is 30.1 Å². The normalized spacial score (nSPS) is 11.8. The molecule has 0 aliphatic rings. The van der Waals surface area contributed by atoms with Crippen molar-refractivity contribution in [3.63, 3.8) is 0 Å². The van der Waals surface area contributed by atoms with E-state index < -0.39 is 22.8 Å². The molecule has 9 nitrogen and oxygen atoms in total. The summed E-state index contributed by atoms with van der Waals surface area (Å²) < 4.78 is 5.96. The smallest absolute Gasteiger partial charge is 0.340 e. The third-order valence-corrected chi connectivity index (χ3v) is 4.42. The molecule has 2 rings (SSSR count). The van der Waals surface area contributed by atoms with Gasteiger partial charge in [-0.25, -0.2) is 4.79 Å². The number of carbonyl (C=O) groups excluding carboxylic acids is 2. The molecule has 2 aromatic rings. The van der Waals surface area contributed by atoms with E-state index >= 15 is 0 Å². The van der Waals surface area contributed by atoms with Gasteiger partial charge < -0.3 is 10.1 Å². The molecular weight excluding hydrogens is 336 g/mol. The van der Waals surface area contributed by atoms with Crippen molar-refractivity contribution in [1.29, 1.82) is 0 Å². The van der Waals surface area contributed by atoms with E-state index in [9.17, 15) is 19.7 Å². The lowest BCUT2D eigenvalue weighted by molar-refractivity contribution is -0.385. The van der Waals surface area contributed by atoms with E-state index in [4.69, 9.17) is 0 Å². The van der Waals surface area contributed by atoms with Gasteiger partial charge in [-0.05, 0) is 26.8 Å². The lowest BCUT2D eigenvalue weighted by atomic mass is 10.2. The molecule has 1 atom stereocenters. The molecule has 24 heavy (non-hydrogen) atoms. The summed E-state index contributed by atoms with van der Waals surface area (Å²) in [7, 11) is 1.26. The number of amides is 1. The molecule has 0 saturated heterocycles. The summed E-state index contributed by atoms with van der Waals surface area (Å²) in [5, 5.41) is 17.8. The van der Waals surface area contributed by atoms with Crippen LogP contribution in [0.1, 0.15) is 33.9 Å². The molecule has 1 unspecified atom stereocenters. The van der Waals surface area contributed by atoms with Gasteiger partial charge in [0.25, 0.3) is 0 Å². The maximum Gasteiger partial charge on any atom is 0.340 e. The first kappa shape index (κ1) is 17.6. The molecule has 1 N–H and O–H groups in total. The van der Waals surface area contributed by atoms with Gasteiger partial charge in [0.2, 0.25) is 5.91 Å². The number of carbonyl (C=O) groups is 2. The SMILES string of the molecule is COC(=O)c1cc(C)sc1NC(=O)C(C)n1ncc([N+](=O)[O-])c1C. The maximum atomic E-state index is 12.4. The highest BCUT2D eigenvalue weighted by Crippen LogP contribution is 2.29. The number of anilines is 1. The zero-order valence-electron chi connectivity index (χ0n) is 13.5. The minimum absolute atomic E-state index is 0.156. The number of aromatic nitrogens is 2. The fourth-order valence-corrected chi connectivity index (χ4v) is 3.08. The second-order valence-corrected chi connectivity index (χ2v) is 6.33. The average Bonchev–Trinajstić information content (AvgIpc) is 3.08. The summed E-state index contributed by atoms with van der Waals surface area (Å²) in [6.07, 6.45) is 1.11. The van der Waals surface area contributed by atoms with Crippen LogP contribution in [0.25, 0.3) is 0 Å². The van der Waals surface area contributed by atoms with Crippen LogP contribution in [-0.2, 0) is 9.53 Å². The monoisotopic (exact) mass is 352 g/mol. The number of nitrogens with one attached hydrogen (secondary N) is 1. The first-order chi connectivity index (χ1) is 11.3. The Morgan fingerprint density at radius 3 is 2.67 bits per heavy atom. The largest absolute Gasteiger partial charge is 0.465 e. The summed E-state index contributed by atoms with van der Waals surface area (Å²) in [4.78, 5) is 35.3. The zero-order chi connectivity index (χ0) is 18.0. The molecule has 0 aliphatic heterocycles. The van der Waals surface area contributed by atoms with E-state index in [1.54, 1.807) is 19.9 Å². The zero-order valence-corrected chi connectivity index (χ0v) is 14.3. The van der Waals surface area contributed by atoms with Crippen LogP contribution < -0.4 is 5.32 Å². The molecule has 128 valence electrons. The Labute approximate surface area is 141 Å². The number of nitro groups is 1. The van der Waals surface area contributed by atoms with Crippen LogP contribution >= 0.6 is 11.3 Å². The predicted molar refractivity (Wildman–Crippen MR) is 87.4 cm³/mol. The van der Waals surface area contributed by atoms with Gasteiger partial charge in [-0.15, -0.1) is 11.3 Å². The van der Waals surface area contributed by atoms with Crippen molar-refractivity contribution in [3.05, 3.63) is 38.5 Å². The first-order valence-electron chi connectivity index (χ1n) is 6.94. The Morgan fingerprint density at radius 1 is 1.46 bits per heavy atom. The molecule has 0 spiro atoms. The van der Waals surface area contributed by atoms with Gasteiger partial charge >= 0.3 is 11.7 Å². The number of ether oxygens (including phenoxy) is 1. The van der Waals surface area contributed by atoms with Gasteiger partial charge in [0, 0.05) is 4.88 Å². The fourth-order valence-electron chi connectivity index (χ4n) is 2.18. The standard InChI is InChI=1S/C14H16N4O5S/c1-7-5-10(14(20)23-4)13(24-7)16-12(19)9(3)17-8(2)11(6-15-17)18(21)22/h5-6,9H,1-4H3,(H,16,19). The highest BCUT2D eigenvalue weighted by atomic mass is 32.1. The van der Waals surface area contributed by atoms with Crippen LogP contribution in [-0.4, -0.2) is 33.7 Å². The minimum Gasteiger partial charge on any atom is -0.465 e. The Bertz CT molecular complexity index is 810. The molecule has 10 heteroatoms. The minimum atomic E-state index is -0.786. The number of hydrogen-bond acceptors (Lipinski definition) is 7. The fraction of sp³-hybridized carbons (Fsp3) is 0.357. The summed E-state index contributed by atoms with van der Waals surface area (Å²) >= 11 is 1.24. The van der Waals surface area contributed by atoms with Crippen LogP contribution in [0.3, 0.4) is 0 Å². The molecule has 0 saturated carbocycles. The van der Waals surface area contributed by atoms with Crippen molar-refractivity contribution in [2.75, 3.05) is 12.4 Å². The van der Waals surface area contributed by atoms with Crippen molar-refractivity contribution in [1.82, 2.24) is 9.78 Å². The number of methoxy groups -OCH3 is 1. The summed E-state index contributed by atoms with van der Waals surface area (Å²) in [5.74, 6) is -0.990. The summed E-state index contributed by atoms with van der Waals surface area (Å²) in [5.41, 5.74) is 0.388. The van der Waals surface area contributed by atoms with Gasteiger partial charge in [-0.3, -0.25) is 19.6 Å². The van der Waals surface area contributed by atoms with E-state index in [0.717, 1.165) is 11.1 Å². The Hall–Kier alpha value is -2.75. The van der Waals surface area contributed by atoms with Crippen molar-refractivity contribution in [2.24, 2.45) is 0 Å². The quantitative estimate of drug-likeness (QED) is 0.502. The molecule has 0 aromatic carbocycles. The molecule has 2 aromatic heterocycles. The van der Waals surface area contributed by atoms with Crippen molar-refractivity contribution in [2.45, 2.75) is 26.8 Å². The Kier molecular flexibility index (Phi) is 4.98. The third-order valence-electron chi connectivity index (χ3n) is 3.46. The molecule has 0 aliphatic carbocycles. The van der Waals surface area contributed by atoms with Crippen molar-refractivity contribution in [3.8, 4) is 0 Å². The number of thiophene rings is 1. The van der Waals surface area contributed by atoms with Gasteiger partial charge in [-0.1, -0.05) is 0 Å². The lowest BCUT2D eigenvalue weighted by Crippen LogP contribution is -2.25. The van der Waals surface area contributed by atoms with Crippen LogP contribution in [0.15, 0.2) is 12.3 Å². The Morgan fingerprint density at radius 2 is 2.12 bits per heavy atom. The Balaban J connectivity index is 2.24. The van der Waals surface area contributed by atoms with Crippen LogP contribution in [0.2, 0.25) is 0 Å². The molecule has 0 radical (unpaired) electrons. The van der Waals surface area contributed by atoms with Crippen molar-refractivity contribution >= 4 is 33.9 Å².